The van der Waals surface area contributed by atoms with E-state index < -0.39 is 8.32 Å². The van der Waals surface area contributed by atoms with E-state index in [4.69, 9.17) is 9.16 Å². The third-order valence-corrected chi connectivity index (χ3v) is 10.3. The number of rotatable bonds is 5. The summed E-state index contributed by atoms with van der Waals surface area (Å²) in [4.78, 5) is 12.5. The summed E-state index contributed by atoms with van der Waals surface area (Å²) in [5.41, 5.74) is 0. The standard InChI is InChI=1S/C17H34O3Si/c1-11(10-20-21(8,9)17(4,5)6)14-12(2)16(19-7)13(3)15(14)18/h11-14,16H,10H2,1-9H3/t11-,12-,13+,14-,16+/m1/s1. The van der Waals surface area contributed by atoms with E-state index in [0.717, 1.165) is 0 Å². The van der Waals surface area contributed by atoms with Gasteiger partial charge in [-0.05, 0) is 30.0 Å². The molecule has 1 saturated carbocycles. The van der Waals surface area contributed by atoms with Gasteiger partial charge in [-0.2, -0.15) is 0 Å². The van der Waals surface area contributed by atoms with E-state index in [9.17, 15) is 4.79 Å². The highest BCUT2D eigenvalue weighted by Gasteiger charge is 2.48. The second-order valence-corrected chi connectivity index (χ2v) is 13.1. The number of ether oxygens (including phenoxy) is 1. The molecule has 0 saturated heterocycles. The van der Waals surface area contributed by atoms with Crippen LogP contribution in [0.25, 0.3) is 0 Å². The van der Waals surface area contributed by atoms with Gasteiger partial charge in [0.05, 0.1) is 6.10 Å². The molecule has 3 nitrogen and oxygen atoms in total. The molecule has 1 aliphatic rings. The maximum Gasteiger partial charge on any atom is 0.191 e. The van der Waals surface area contributed by atoms with Gasteiger partial charge in [0.2, 0.25) is 0 Å². The van der Waals surface area contributed by atoms with Crippen LogP contribution in [0.3, 0.4) is 0 Å². The molecule has 0 heterocycles. The first kappa shape index (κ1) is 18.9. The Morgan fingerprint density at radius 3 is 2.14 bits per heavy atom. The lowest BCUT2D eigenvalue weighted by atomic mass is 9.85. The highest BCUT2D eigenvalue weighted by atomic mass is 28.4. The van der Waals surface area contributed by atoms with Crippen LogP contribution in [0.15, 0.2) is 0 Å². The van der Waals surface area contributed by atoms with Crippen LogP contribution in [0.1, 0.15) is 41.5 Å². The van der Waals surface area contributed by atoms with E-state index in [2.05, 4.69) is 47.7 Å². The molecule has 4 heteroatoms. The Bertz CT molecular complexity index is 373. The second-order valence-electron chi connectivity index (χ2n) is 8.32. The maximum absolute atomic E-state index is 12.5. The van der Waals surface area contributed by atoms with Gasteiger partial charge in [-0.3, -0.25) is 4.79 Å². The molecular weight excluding hydrogens is 280 g/mol. The maximum atomic E-state index is 12.5. The molecule has 124 valence electrons. The molecule has 1 fully saturated rings. The SMILES string of the molecule is CO[C@H]1[C@H](C)[C@@H]([C@H](C)CO[Si](C)(C)C(C)(C)C)C(=O)[C@@H]1C. The monoisotopic (exact) mass is 314 g/mol. The zero-order valence-electron chi connectivity index (χ0n) is 15.3. The van der Waals surface area contributed by atoms with Crippen molar-refractivity contribution >= 4 is 14.1 Å². The van der Waals surface area contributed by atoms with Crippen molar-refractivity contribution in [3.05, 3.63) is 0 Å². The predicted molar refractivity (Wildman–Crippen MR) is 89.9 cm³/mol. The summed E-state index contributed by atoms with van der Waals surface area (Å²) >= 11 is 0. The molecule has 1 rings (SSSR count). The lowest BCUT2D eigenvalue weighted by molar-refractivity contribution is -0.126. The number of carbonyl (C=O) groups excluding carboxylic acids is 1. The van der Waals surface area contributed by atoms with Crippen LogP contribution in [0.2, 0.25) is 18.1 Å². The van der Waals surface area contributed by atoms with Gasteiger partial charge < -0.3 is 9.16 Å². The van der Waals surface area contributed by atoms with Crippen molar-refractivity contribution in [2.45, 2.75) is 65.8 Å². The fourth-order valence-electron chi connectivity index (χ4n) is 3.26. The summed E-state index contributed by atoms with van der Waals surface area (Å²) in [6.45, 7) is 18.2. The smallest absolute Gasteiger partial charge is 0.191 e. The van der Waals surface area contributed by atoms with E-state index in [1.807, 2.05) is 6.92 Å². The van der Waals surface area contributed by atoms with Crippen LogP contribution in [-0.2, 0) is 14.0 Å². The molecule has 1 aliphatic carbocycles. The highest BCUT2D eigenvalue weighted by Crippen LogP contribution is 2.41. The van der Waals surface area contributed by atoms with Gasteiger partial charge in [0.15, 0.2) is 8.32 Å². The Hall–Kier alpha value is -0.193. The number of hydrogen-bond donors (Lipinski definition) is 0. The normalized spacial score (nSPS) is 32.5. The van der Waals surface area contributed by atoms with Gasteiger partial charge in [0.1, 0.15) is 5.78 Å². The van der Waals surface area contributed by atoms with Gasteiger partial charge >= 0.3 is 0 Å². The largest absolute Gasteiger partial charge is 0.417 e. The lowest BCUT2D eigenvalue weighted by Crippen LogP contribution is -2.43. The molecule has 0 N–H and O–H groups in total. The minimum absolute atomic E-state index is 0.00493. The van der Waals surface area contributed by atoms with Crippen molar-refractivity contribution in [2.24, 2.45) is 23.7 Å². The summed E-state index contributed by atoms with van der Waals surface area (Å²) in [6, 6.07) is 0. The van der Waals surface area contributed by atoms with Crippen LogP contribution in [-0.4, -0.2) is 33.9 Å². The molecule has 0 unspecified atom stereocenters. The van der Waals surface area contributed by atoms with E-state index >= 15 is 0 Å². The molecule has 0 bridgehead atoms. The average Bonchev–Trinajstić information content (AvgIpc) is 2.56. The molecule has 0 amide bonds. The summed E-state index contributed by atoms with van der Waals surface area (Å²) < 4.78 is 11.8. The topological polar surface area (TPSA) is 35.5 Å². The molecular formula is C17H34O3Si. The van der Waals surface area contributed by atoms with Crippen LogP contribution >= 0.6 is 0 Å². The van der Waals surface area contributed by atoms with Crippen LogP contribution in [0.5, 0.6) is 0 Å². The molecule has 0 aromatic carbocycles. The molecule has 0 aromatic heterocycles. The summed E-state index contributed by atoms with van der Waals surface area (Å²) in [5.74, 6) is 0.945. The fraction of sp³-hybridized carbons (Fsp3) is 0.941. The van der Waals surface area contributed by atoms with Gasteiger partial charge in [0, 0.05) is 25.6 Å². The third-order valence-electron chi connectivity index (χ3n) is 5.75. The quantitative estimate of drug-likeness (QED) is 0.716. The van der Waals surface area contributed by atoms with Crippen molar-refractivity contribution in [1.29, 1.82) is 0 Å². The van der Waals surface area contributed by atoms with Gasteiger partial charge in [-0.25, -0.2) is 0 Å². The van der Waals surface area contributed by atoms with Crippen LogP contribution in [0.4, 0.5) is 0 Å². The summed E-state index contributed by atoms with van der Waals surface area (Å²) in [6.07, 6.45) is 0.0535. The molecule has 0 spiro atoms. The lowest BCUT2D eigenvalue weighted by Gasteiger charge is -2.37. The zero-order chi connectivity index (χ0) is 16.6. The first-order valence-electron chi connectivity index (χ1n) is 8.14. The average molecular weight is 315 g/mol. The molecule has 5 atom stereocenters. The van der Waals surface area contributed by atoms with Crippen molar-refractivity contribution < 1.29 is 14.0 Å². The molecule has 0 radical (unpaired) electrons. The zero-order valence-corrected chi connectivity index (χ0v) is 16.3. The fourth-order valence-corrected chi connectivity index (χ4v) is 4.37. The Morgan fingerprint density at radius 2 is 1.76 bits per heavy atom. The minimum Gasteiger partial charge on any atom is -0.417 e. The van der Waals surface area contributed by atoms with E-state index in [1.165, 1.54) is 0 Å². The van der Waals surface area contributed by atoms with Crippen molar-refractivity contribution in [2.75, 3.05) is 13.7 Å². The Balaban J connectivity index is 2.72. The van der Waals surface area contributed by atoms with Crippen LogP contribution in [0, 0.1) is 23.7 Å². The molecule has 0 aliphatic heterocycles. The van der Waals surface area contributed by atoms with Crippen molar-refractivity contribution in [3.8, 4) is 0 Å². The first-order chi connectivity index (χ1) is 9.44. The summed E-state index contributed by atoms with van der Waals surface area (Å²) in [7, 11) is -0.0351. The minimum atomic E-state index is -1.75. The number of hydrogen-bond acceptors (Lipinski definition) is 3. The Labute approximate surface area is 131 Å². The van der Waals surface area contributed by atoms with Gasteiger partial charge in [0.25, 0.3) is 0 Å². The number of Topliss-reactive ketones (excluding diaryl/α,β-unsaturated/α-hetero) is 1. The van der Waals surface area contributed by atoms with Gasteiger partial charge in [-0.1, -0.05) is 41.5 Å². The third kappa shape index (κ3) is 3.77. The summed E-state index contributed by atoms with van der Waals surface area (Å²) in [5, 5.41) is 0.209. The number of methoxy groups -OCH3 is 1. The Kier molecular flexibility index (Phi) is 5.84. The number of ketones is 1. The second kappa shape index (κ2) is 6.51. The van der Waals surface area contributed by atoms with E-state index in [-0.39, 0.29) is 34.8 Å². The highest BCUT2D eigenvalue weighted by molar-refractivity contribution is 6.74. The predicted octanol–water partition coefficient (Wildman–Crippen LogP) is 4.13. The van der Waals surface area contributed by atoms with Crippen molar-refractivity contribution in [1.82, 2.24) is 0 Å². The molecule has 21 heavy (non-hydrogen) atoms. The van der Waals surface area contributed by atoms with Crippen LogP contribution < -0.4 is 0 Å². The van der Waals surface area contributed by atoms with Gasteiger partial charge in [-0.15, -0.1) is 0 Å². The van der Waals surface area contributed by atoms with Crippen molar-refractivity contribution in [3.63, 3.8) is 0 Å². The first-order valence-corrected chi connectivity index (χ1v) is 11.1. The Morgan fingerprint density at radius 1 is 1.24 bits per heavy atom. The van der Waals surface area contributed by atoms with E-state index in [0.29, 0.717) is 12.4 Å². The number of carbonyl (C=O) groups is 1. The molecule has 0 aromatic rings. The van der Waals surface area contributed by atoms with E-state index in [1.54, 1.807) is 7.11 Å².